The number of carboxylic acids is 1. The van der Waals surface area contributed by atoms with Gasteiger partial charge in [0.25, 0.3) is 5.89 Å². The summed E-state index contributed by atoms with van der Waals surface area (Å²) >= 11 is 0. The average molecular weight is 234 g/mol. The molecule has 1 heterocycles. The molecular weight excluding hydrogens is 224 g/mol. The number of rotatable bonds is 4. The van der Waals surface area contributed by atoms with Crippen LogP contribution in [0.5, 0.6) is 5.75 Å². The number of carbonyl (C=O) groups is 1. The first-order chi connectivity index (χ1) is 8.16. The number of aromatic carboxylic acids is 1. The van der Waals surface area contributed by atoms with Gasteiger partial charge in [-0.1, -0.05) is 11.2 Å². The summed E-state index contributed by atoms with van der Waals surface area (Å²) in [6, 6.07) is 4.68. The summed E-state index contributed by atoms with van der Waals surface area (Å²) in [7, 11) is 0. The van der Waals surface area contributed by atoms with Gasteiger partial charge in [0.05, 0.1) is 5.56 Å². The SMILES string of the molecule is Cc1ccc(C(=O)O)cc1OCc1ncno1. The van der Waals surface area contributed by atoms with Crippen molar-refractivity contribution in [1.29, 1.82) is 0 Å². The van der Waals surface area contributed by atoms with E-state index in [9.17, 15) is 4.79 Å². The molecule has 2 aromatic rings. The van der Waals surface area contributed by atoms with Crippen LogP contribution >= 0.6 is 0 Å². The van der Waals surface area contributed by atoms with E-state index in [4.69, 9.17) is 14.4 Å². The lowest BCUT2D eigenvalue weighted by Crippen LogP contribution is -2.01. The third-order valence-corrected chi connectivity index (χ3v) is 2.19. The molecule has 6 nitrogen and oxygen atoms in total. The molecule has 1 aromatic heterocycles. The molecule has 0 saturated heterocycles. The van der Waals surface area contributed by atoms with Gasteiger partial charge < -0.3 is 14.4 Å². The lowest BCUT2D eigenvalue weighted by molar-refractivity contribution is 0.0696. The van der Waals surface area contributed by atoms with E-state index in [1.165, 1.54) is 18.5 Å². The van der Waals surface area contributed by atoms with Gasteiger partial charge in [0.15, 0.2) is 12.9 Å². The van der Waals surface area contributed by atoms with Gasteiger partial charge in [0, 0.05) is 0 Å². The minimum Gasteiger partial charge on any atom is -0.483 e. The molecule has 0 aliphatic rings. The molecule has 0 spiro atoms. The minimum atomic E-state index is -0.993. The quantitative estimate of drug-likeness (QED) is 0.865. The van der Waals surface area contributed by atoms with Gasteiger partial charge in [0.2, 0.25) is 0 Å². The molecule has 0 atom stereocenters. The number of hydrogen-bond acceptors (Lipinski definition) is 5. The Bertz CT molecular complexity index is 522. The lowest BCUT2D eigenvalue weighted by atomic mass is 10.1. The number of carboxylic acid groups (broad SMARTS) is 1. The van der Waals surface area contributed by atoms with Gasteiger partial charge in [-0.25, -0.2) is 4.79 Å². The summed E-state index contributed by atoms with van der Waals surface area (Å²) in [6.45, 7) is 1.94. The molecule has 0 bridgehead atoms. The van der Waals surface area contributed by atoms with Crippen LogP contribution in [0.4, 0.5) is 0 Å². The third-order valence-electron chi connectivity index (χ3n) is 2.19. The number of benzene rings is 1. The van der Waals surface area contributed by atoms with Gasteiger partial charge in [-0.2, -0.15) is 4.98 Å². The number of nitrogens with zero attached hydrogens (tertiary/aromatic N) is 2. The highest BCUT2D eigenvalue weighted by molar-refractivity contribution is 5.88. The first kappa shape index (κ1) is 11.1. The van der Waals surface area contributed by atoms with Gasteiger partial charge >= 0.3 is 5.97 Å². The Labute approximate surface area is 96.8 Å². The van der Waals surface area contributed by atoms with E-state index in [1.54, 1.807) is 6.07 Å². The van der Waals surface area contributed by atoms with E-state index in [-0.39, 0.29) is 12.2 Å². The van der Waals surface area contributed by atoms with Crippen molar-refractivity contribution in [3.8, 4) is 5.75 Å². The van der Waals surface area contributed by atoms with Crippen LogP contribution in [0.2, 0.25) is 0 Å². The van der Waals surface area contributed by atoms with E-state index in [0.29, 0.717) is 11.6 Å². The molecule has 0 aliphatic carbocycles. The van der Waals surface area contributed by atoms with E-state index in [1.807, 2.05) is 6.92 Å². The second kappa shape index (κ2) is 4.65. The van der Waals surface area contributed by atoms with E-state index in [0.717, 1.165) is 5.56 Å². The van der Waals surface area contributed by atoms with E-state index < -0.39 is 5.97 Å². The molecule has 0 unspecified atom stereocenters. The summed E-state index contributed by atoms with van der Waals surface area (Å²) in [5.41, 5.74) is 1.02. The number of ether oxygens (including phenoxy) is 1. The van der Waals surface area contributed by atoms with Crippen LogP contribution in [0, 0.1) is 6.92 Å². The van der Waals surface area contributed by atoms with Crippen molar-refractivity contribution in [2.45, 2.75) is 13.5 Å². The number of aromatic nitrogens is 2. The molecule has 17 heavy (non-hydrogen) atoms. The fraction of sp³-hybridized carbons (Fsp3) is 0.182. The van der Waals surface area contributed by atoms with Crippen LogP contribution in [0.3, 0.4) is 0 Å². The summed E-state index contributed by atoms with van der Waals surface area (Å²) in [5.74, 6) is -0.166. The summed E-state index contributed by atoms with van der Waals surface area (Å²) in [6.07, 6.45) is 1.28. The molecule has 0 radical (unpaired) electrons. The van der Waals surface area contributed by atoms with E-state index >= 15 is 0 Å². The summed E-state index contributed by atoms with van der Waals surface area (Å²) in [4.78, 5) is 14.6. The zero-order chi connectivity index (χ0) is 12.3. The molecule has 0 amide bonds. The van der Waals surface area contributed by atoms with Crippen LogP contribution in [0.15, 0.2) is 29.0 Å². The Morgan fingerprint density at radius 1 is 1.53 bits per heavy atom. The van der Waals surface area contributed by atoms with Gasteiger partial charge in [-0.05, 0) is 24.6 Å². The Morgan fingerprint density at radius 2 is 2.35 bits per heavy atom. The van der Waals surface area contributed by atoms with Crippen molar-refractivity contribution in [3.63, 3.8) is 0 Å². The standard InChI is InChI=1S/C11H10N2O4/c1-7-2-3-8(11(14)15)4-9(7)16-5-10-12-6-13-17-10/h2-4,6H,5H2,1H3,(H,14,15). The van der Waals surface area contributed by atoms with Crippen LogP contribution in [0.25, 0.3) is 0 Å². The summed E-state index contributed by atoms with van der Waals surface area (Å²) < 4.78 is 10.2. The molecule has 88 valence electrons. The second-order valence-corrected chi connectivity index (χ2v) is 3.41. The van der Waals surface area contributed by atoms with Gasteiger partial charge in [-0.15, -0.1) is 0 Å². The first-order valence-corrected chi connectivity index (χ1v) is 4.89. The maximum Gasteiger partial charge on any atom is 0.335 e. The van der Waals surface area contributed by atoms with Gasteiger partial charge in [0.1, 0.15) is 5.75 Å². The van der Waals surface area contributed by atoms with Crippen molar-refractivity contribution in [1.82, 2.24) is 10.1 Å². The second-order valence-electron chi connectivity index (χ2n) is 3.41. The normalized spacial score (nSPS) is 10.2. The van der Waals surface area contributed by atoms with Gasteiger partial charge in [-0.3, -0.25) is 0 Å². The zero-order valence-electron chi connectivity index (χ0n) is 9.08. The maximum absolute atomic E-state index is 10.8. The predicted molar refractivity (Wildman–Crippen MR) is 56.8 cm³/mol. The topological polar surface area (TPSA) is 85.5 Å². The molecule has 1 N–H and O–H groups in total. The van der Waals surface area contributed by atoms with Crippen LogP contribution < -0.4 is 4.74 Å². The molecule has 0 aliphatic heterocycles. The maximum atomic E-state index is 10.8. The van der Waals surface area contributed by atoms with Crippen molar-refractivity contribution in [3.05, 3.63) is 41.5 Å². The van der Waals surface area contributed by atoms with Crippen molar-refractivity contribution < 1.29 is 19.2 Å². The fourth-order valence-electron chi connectivity index (χ4n) is 1.29. The van der Waals surface area contributed by atoms with Crippen LogP contribution in [0.1, 0.15) is 21.8 Å². The molecular formula is C11H10N2O4. The van der Waals surface area contributed by atoms with Crippen molar-refractivity contribution in [2.24, 2.45) is 0 Å². The first-order valence-electron chi connectivity index (χ1n) is 4.89. The lowest BCUT2D eigenvalue weighted by Gasteiger charge is -2.07. The molecule has 6 heteroatoms. The van der Waals surface area contributed by atoms with Crippen molar-refractivity contribution in [2.75, 3.05) is 0 Å². The fourth-order valence-corrected chi connectivity index (χ4v) is 1.29. The molecule has 1 aromatic carbocycles. The Kier molecular flexibility index (Phi) is 3.04. The smallest absolute Gasteiger partial charge is 0.335 e. The predicted octanol–water partition coefficient (Wildman–Crippen LogP) is 1.66. The van der Waals surface area contributed by atoms with Crippen molar-refractivity contribution >= 4 is 5.97 Å². The zero-order valence-corrected chi connectivity index (χ0v) is 9.08. The third kappa shape index (κ3) is 2.60. The monoisotopic (exact) mass is 234 g/mol. The molecule has 0 fully saturated rings. The van der Waals surface area contributed by atoms with Crippen LogP contribution in [-0.4, -0.2) is 21.2 Å². The highest BCUT2D eigenvalue weighted by Gasteiger charge is 2.08. The number of aryl methyl sites for hydroxylation is 1. The molecule has 2 rings (SSSR count). The average Bonchev–Trinajstić information content (AvgIpc) is 2.80. The summed E-state index contributed by atoms with van der Waals surface area (Å²) in [5, 5.41) is 12.3. The Morgan fingerprint density at radius 3 is 3.00 bits per heavy atom. The highest BCUT2D eigenvalue weighted by Crippen LogP contribution is 2.20. The Hall–Kier alpha value is -2.37. The van der Waals surface area contributed by atoms with Crippen LogP contribution in [-0.2, 0) is 6.61 Å². The van der Waals surface area contributed by atoms with E-state index in [2.05, 4.69) is 10.1 Å². The number of hydrogen-bond donors (Lipinski definition) is 1. The molecule has 0 saturated carbocycles. The Balaban J connectivity index is 2.14. The largest absolute Gasteiger partial charge is 0.483 e. The highest BCUT2D eigenvalue weighted by atomic mass is 16.5. The minimum absolute atomic E-state index is 0.115.